The summed E-state index contributed by atoms with van der Waals surface area (Å²) in [7, 11) is 1.80. The number of thiazole rings is 1. The summed E-state index contributed by atoms with van der Waals surface area (Å²) in [6.07, 6.45) is 16.6. The lowest BCUT2D eigenvalue weighted by atomic mass is 9.75. The highest BCUT2D eigenvalue weighted by atomic mass is 32.1. The number of carbonyl (C=O) groups is 5. The number of para-hydroxylation sites is 1. The van der Waals surface area contributed by atoms with E-state index in [0.29, 0.717) is 72.5 Å². The normalized spacial score (nSPS) is 17.6. The van der Waals surface area contributed by atoms with Gasteiger partial charge in [-0.3, -0.25) is 44.0 Å². The Bertz CT molecular complexity index is 3280. The van der Waals surface area contributed by atoms with Crippen LogP contribution in [-0.4, -0.2) is 72.2 Å². The lowest BCUT2D eigenvalue weighted by Gasteiger charge is -2.34. The molecule has 0 saturated carbocycles. The fraction of sp³-hybridized carbons (Fsp3) is 0.386. The molecule has 5 amide bonds. The summed E-state index contributed by atoms with van der Waals surface area (Å²) in [6.45, 7) is 6.74. The van der Waals surface area contributed by atoms with Crippen molar-refractivity contribution >= 4 is 78.6 Å². The van der Waals surface area contributed by atoms with E-state index in [9.17, 15) is 24.0 Å². The Balaban J connectivity index is 0.771. The minimum absolute atomic E-state index is 0.0771. The first-order valence-electron chi connectivity index (χ1n) is 26.1. The highest BCUT2D eigenvalue weighted by molar-refractivity contribution is 7.22. The number of aromatic nitrogens is 6. The SMILES string of the molecule is CCC1(Cn2ncc(-c3ccc(N4CCc5cccc(C(=O)Nc6nc7ccccc7s6)c5C4)nc3C(=O)NCCCCCCCC(=O)Nc3ccc4c(C5CCC(=O)NC5=O)nn(C)c4c3)c2C)CC=CCC1. The van der Waals surface area contributed by atoms with E-state index in [1.54, 1.807) is 11.7 Å². The maximum atomic E-state index is 14.4. The molecule has 1 fully saturated rings. The summed E-state index contributed by atoms with van der Waals surface area (Å²) in [4.78, 5) is 77.4. The monoisotopic (exact) mass is 1010 g/mol. The van der Waals surface area contributed by atoms with Crippen molar-refractivity contribution in [2.24, 2.45) is 12.5 Å². The lowest BCUT2D eigenvalue weighted by molar-refractivity contribution is -0.134. The molecule has 0 bridgehead atoms. The van der Waals surface area contributed by atoms with Crippen molar-refractivity contribution in [1.82, 2.24) is 40.2 Å². The Labute approximate surface area is 434 Å². The maximum Gasteiger partial charge on any atom is 0.270 e. The zero-order valence-electron chi connectivity index (χ0n) is 42.3. The second-order valence-electron chi connectivity index (χ2n) is 20.1. The molecule has 3 aliphatic rings. The Morgan fingerprint density at radius 3 is 2.57 bits per heavy atom. The van der Waals surface area contributed by atoms with Crippen molar-refractivity contribution in [2.75, 3.05) is 28.6 Å². The molecule has 3 aromatic carbocycles. The van der Waals surface area contributed by atoms with E-state index in [1.165, 1.54) is 11.3 Å². The van der Waals surface area contributed by atoms with Gasteiger partial charge in [0.1, 0.15) is 11.5 Å². The molecule has 17 heteroatoms. The zero-order valence-corrected chi connectivity index (χ0v) is 43.2. The van der Waals surface area contributed by atoms with Gasteiger partial charge in [-0.1, -0.05) is 73.9 Å². The highest BCUT2D eigenvalue weighted by Gasteiger charge is 2.33. The highest BCUT2D eigenvalue weighted by Crippen LogP contribution is 2.40. The van der Waals surface area contributed by atoms with Gasteiger partial charge in [0.25, 0.3) is 11.8 Å². The van der Waals surface area contributed by atoms with E-state index in [0.717, 1.165) is 113 Å². The molecule has 7 aromatic rings. The molecule has 2 aliphatic heterocycles. The predicted molar refractivity (Wildman–Crippen MR) is 289 cm³/mol. The number of aryl methyl sites for hydroxylation is 1. The predicted octanol–water partition coefficient (Wildman–Crippen LogP) is 9.93. The molecule has 382 valence electrons. The molecule has 74 heavy (non-hydrogen) atoms. The van der Waals surface area contributed by atoms with Crippen LogP contribution in [0.3, 0.4) is 0 Å². The minimum Gasteiger partial charge on any atom is -0.352 e. The molecular weight excluding hydrogens is 951 g/mol. The van der Waals surface area contributed by atoms with Crippen LogP contribution in [-0.2, 0) is 40.9 Å². The molecule has 0 radical (unpaired) electrons. The molecular formula is C57H63N11O5S. The molecule has 4 aromatic heterocycles. The van der Waals surface area contributed by atoms with Crippen LogP contribution in [0, 0.1) is 12.3 Å². The van der Waals surface area contributed by atoms with Crippen molar-refractivity contribution in [2.45, 2.75) is 116 Å². The number of allylic oxidation sites excluding steroid dienone is 2. The van der Waals surface area contributed by atoms with Crippen molar-refractivity contribution < 1.29 is 24.0 Å². The number of anilines is 3. The molecule has 4 N–H and O–H groups in total. The van der Waals surface area contributed by atoms with E-state index in [2.05, 4.69) is 73.0 Å². The van der Waals surface area contributed by atoms with Crippen LogP contribution in [0.5, 0.6) is 0 Å². The number of benzene rings is 3. The van der Waals surface area contributed by atoms with Gasteiger partial charge in [0.05, 0.1) is 33.5 Å². The quantitative estimate of drug-likeness (QED) is 0.0365. The van der Waals surface area contributed by atoms with Crippen LogP contribution >= 0.6 is 11.3 Å². The van der Waals surface area contributed by atoms with Gasteiger partial charge in [0.15, 0.2) is 5.13 Å². The smallest absolute Gasteiger partial charge is 0.270 e. The summed E-state index contributed by atoms with van der Waals surface area (Å²) in [5.41, 5.74) is 8.64. The van der Waals surface area contributed by atoms with Gasteiger partial charge in [-0.05, 0) is 123 Å². The number of fused-ring (bicyclic) bond motifs is 3. The third-order valence-electron chi connectivity index (χ3n) is 15.2. The van der Waals surface area contributed by atoms with Gasteiger partial charge in [0, 0.05) is 79.5 Å². The van der Waals surface area contributed by atoms with Crippen LogP contribution < -0.4 is 26.2 Å². The van der Waals surface area contributed by atoms with E-state index < -0.39 is 5.92 Å². The van der Waals surface area contributed by atoms with Crippen LogP contribution in [0.4, 0.5) is 16.6 Å². The lowest BCUT2D eigenvalue weighted by Crippen LogP contribution is -2.39. The van der Waals surface area contributed by atoms with Crippen LogP contribution in [0.15, 0.2) is 91.1 Å². The molecule has 1 saturated heterocycles. The molecule has 6 heterocycles. The number of carbonyl (C=O) groups excluding carboxylic acids is 5. The van der Waals surface area contributed by atoms with E-state index in [-0.39, 0.29) is 41.4 Å². The van der Waals surface area contributed by atoms with Gasteiger partial charge < -0.3 is 15.5 Å². The third-order valence-corrected chi connectivity index (χ3v) is 16.2. The maximum absolute atomic E-state index is 14.4. The number of pyridine rings is 1. The van der Waals surface area contributed by atoms with Crippen LogP contribution in [0.25, 0.3) is 32.2 Å². The third kappa shape index (κ3) is 10.7. The standard InChI is InChI=1S/C57H63N11O5S/c1-4-57(28-12-8-13-29-57)35-68-36(2)43(33-59-68)39-23-25-48(67-31-27-37-16-15-17-40(44(37)34-67)53(71)64-56-61-45-18-10-11-19-47(45)74-56)62-52(39)55(73)58-30-14-7-5-6-9-20-49(69)60-38-21-22-41-46(32-38)66(3)65-51(41)42-24-26-50(70)63-54(42)72/h8,10-12,15-19,21-23,25,32-33,42H,4-7,9,13-14,20,24,26-31,34-35H2,1-3H3,(H,58,73)(H,60,69)(H,61,64,71)(H,63,70,72). The summed E-state index contributed by atoms with van der Waals surface area (Å²) < 4.78 is 4.81. The molecule has 2 atom stereocenters. The van der Waals surface area contributed by atoms with E-state index >= 15 is 0 Å². The number of nitrogens with zero attached hydrogens (tertiary/aromatic N) is 7. The fourth-order valence-electron chi connectivity index (χ4n) is 10.8. The second-order valence-corrected chi connectivity index (χ2v) is 21.1. The number of rotatable bonds is 18. The second kappa shape index (κ2) is 21.9. The number of piperidine rings is 1. The zero-order chi connectivity index (χ0) is 51.3. The Morgan fingerprint density at radius 1 is 0.892 bits per heavy atom. The van der Waals surface area contributed by atoms with Gasteiger partial charge in [-0.2, -0.15) is 10.2 Å². The first-order valence-corrected chi connectivity index (χ1v) is 26.9. The average molecular weight is 1010 g/mol. The summed E-state index contributed by atoms with van der Waals surface area (Å²) in [6, 6.07) is 23.2. The number of nitrogens with one attached hydrogen (secondary N) is 4. The Hall–Kier alpha value is -7.53. The van der Waals surface area contributed by atoms with Gasteiger partial charge in [0.2, 0.25) is 17.7 Å². The molecule has 1 aliphatic carbocycles. The summed E-state index contributed by atoms with van der Waals surface area (Å²) in [5.74, 6) is -0.970. The first kappa shape index (κ1) is 50.0. The van der Waals surface area contributed by atoms with Crippen molar-refractivity contribution in [3.05, 3.63) is 125 Å². The summed E-state index contributed by atoms with van der Waals surface area (Å²) in [5, 5.41) is 22.5. The number of unbranched alkanes of at least 4 members (excludes halogenated alkanes) is 4. The van der Waals surface area contributed by atoms with Crippen molar-refractivity contribution in [1.29, 1.82) is 0 Å². The number of imide groups is 1. The van der Waals surface area contributed by atoms with Gasteiger partial charge in [-0.15, -0.1) is 0 Å². The number of hydrogen-bond acceptors (Lipinski definition) is 11. The largest absolute Gasteiger partial charge is 0.352 e. The summed E-state index contributed by atoms with van der Waals surface area (Å²) >= 11 is 1.45. The van der Waals surface area contributed by atoms with E-state index in [1.807, 2.05) is 72.9 Å². The fourth-order valence-corrected chi connectivity index (χ4v) is 11.7. The van der Waals surface area contributed by atoms with Crippen LogP contribution in [0.1, 0.15) is 133 Å². The molecule has 16 nitrogen and oxygen atoms in total. The van der Waals surface area contributed by atoms with Gasteiger partial charge in [-0.25, -0.2) is 9.97 Å². The minimum atomic E-state index is -0.496. The Morgan fingerprint density at radius 2 is 1.74 bits per heavy atom. The number of amides is 5. The van der Waals surface area contributed by atoms with Crippen molar-refractivity contribution in [3.8, 4) is 11.1 Å². The molecule has 2 unspecified atom stereocenters. The molecule has 0 spiro atoms. The molecule has 10 rings (SSSR count). The van der Waals surface area contributed by atoms with Crippen LogP contribution in [0.2, 0.25) is 0 Å². The Kier molecular flexibility index (Phi) is 14.8. The van der Waals surface area contributed by atoms with E-state index in [4.69, 9.17) is 10.1 Å². The van der Waals surface area contributed by atoms with Crippen molar-refractivity contribution in [3.63, 3.8) is 0 Å². The first-order chi connectivity index (χ1) is 36.0. The van der Waals surface area contributed by atoms with Gasteiger partial charge >= 0.3 is 0 Å². The topological polar surface area (TPSA) is 198 Å². The number of hydrogen-bond donors (Lipinski definition) is 4. The average Bonchev–Trinajstić information content (AvgIpc) is 4.10.